The van der Waals surface area contributed by atoms with Gasteiger partial charge in [-0.2, -0.15) is 0 Å². The molecule has 2 N–H and O–H groups in total. The van der Waals surface area contributed by atoms with Crippen molar-refractivity contribution in [3.05, 3.63) is 24.4 Å². The van der Waals surface area contributed by atoms with E-state index < -0.39 is 0 Å². The molecule has 0 atom stereocenters. The lowest BCUT2D eigenvalue weighted by Gasteiger charge is -2.18. The minimum atomic E-state index is 0.594. The molecule has 0 bridgehead atoms. The van der Waals surface area contributed by atoms with E-state index in [9.17, 15) is 0 Å². The lowest BCUT2D eigenvalue weighted by molar-refractivity contribution is 0.171. The summed E-state index contributed by atoms with van der Waals surface area (Å²) in [6.07, 6.45) is 1.66. The molecule has 3 rings (SSSR count). The molecular weight excluding hydrogens is 224 g/mol. The first-order valence-corrected chi connectivity index (χ1v) is 5.76. The number of hydrogen-bond acceptors (Lipinski definition) is 5. The van der Waals surface area contributed by atoms with Crippen LogP contribution in [-0.4, -0.2) is 18.2 Å². The summed E-state index contributed by atoms with van der Waals surface area (Å²) < 4.78 is 11.0. The molecule has 0 saturated carbocycles. The summed E-state index contributed by atoms with van der Waals surface area (Å²) in [5.74, 6) is 1.57. The molecule has 1 aliphatic rings. The van der Waals surface area contributed by atoms with Crippen LogP contribution in [0.4, 0.5) is 5.00 Å². The van der Waals surface area contributed by atoms with Gasteiger partial charge in [0.05, 0.1) is 6.20 Å². The molecule has 4 nitrogen and oxygen atoms in total. The summed E-state index contributed by atoms with van der Waals surface area (Å²) in [5.41, 5.74) is 6.66. The minimum absolute atomic E-state index is 0.594. The molecule has 0 amide bonds. The van der Waals surface area contributed by atoms with E-state index in [4.69, 9.17) is 15.2 Å². The highest BCUT2D eigenvalue weighted by molar-refractivity contribution is 7.18. The number of nitrogens with two attached hydrogens (primary N) is 1. The number of benzene rings is 1. The molecule has 1 aromatic carbocycles. The fourth-order valence-electron chi connectivity index (χ4n) is 1.60. The van der Waals surface area contributed by atoms with Crippen molar-refractivity contribution < 1.29 is 9.47 Å². The smallest absolute Gasteiger partial charge is 0.162 e. The molecule has 1 aromatic heterocycles. The van der Waals surface area contributed by atoms with Gasteiger partial charge in [0.25, 0.3) is 0 Å². The lowest BCUT2D eigenvalue weighted by atomic mass is 10.2. The van der Waals surface area contributed by atoms with Crippen LogP contribution in [0.25, 0.3) is 10.6 Å². The number of fused-ring (bicyclic) bond motifs is 1. The van der Waals surface area contributed by atoms with E-state index in [-0.39, 0.29) is 0 Å². The quantitative estimate of drug-likeness (QED) is 0.821. The van der Waals surface area contributed by atoms with E-state index in [2.05, 4.69) is 4.98 Å². The Balaban J connectivity index is 2.02. The van der Waals surface area contributed by atoms with E-state index >= 15 is 0 Å². The maximum atomic E-state index is 5.65. The van der Waals surface area contributed by atoms with E-state index in [1.807, 2.05) is 18.2 Å². The second-order valence-corrected chi connectivity index (χ2v) is 4.49. The van der Waals surface area contributed by atoms with Crippen LogP contribution >= 0.6 is 11.3 Å². The molecule has 0 unspecified atom stereocenters. The van der Waals surface area contributed by atoms with Gasteiger partial charge in [0.15, 0.2) is 11.5 Å². The van der Waals surface area contributed by atoms with E-state index in [1.54, 1.807) is 6.20 Å². The zero-order valence-corrected chi connectivity index (χ0v) is 9.29. The molecule has 0 fully saturated rings. The Labute approximate surface area is 96.6 Å². The van der Waals surface area contributed by atoms with Crippen LogP contribution in [0, 0.1) is 0 Å². The van der Waals surface area contributed by atoms with Crippen molar-refractivity contribution in [1.82, 2.24) is 4.98 Å². The first-order chi connectivity index (χ1) is 7.83. The van der Waals surface area contributed by atoms with Gasteiger partial charge in [0, 0.05) is 5.56 Å². The van der Waals surface area contributed by atoms with Gasteiger partial charge in [0.2, 0.25) is 0 Å². The molecule has 0 saturated heterocycles. The van der Waals surface area contributed by atoms with Gasteiger partial charge in [-0.25, -0.2) is 4.98 Å². The van der Waals surface area contributed by atoms with Crippen LogP contribution in [0.15, 0.2) is 24.4 Å². The third-order valence-corrected chi connectivity index (χ3v) is 3.19. The number of rotatable bonds is 1. The SMILES string of the molecule is Nc1cnc(-c2ccc3c(c2)OCCO3)s1. The van der Waals surface area contributed by atoms with Crippen molar-refractivity contribution in [1.29, 1.82) is 0 Å². The monoisotopic (exact) mass is 234 g/mol. The number of aromatic nitrogens is 1. The number of hydrogen-bond donors (Lipinski definition) is 1. The molecule has 5 heteroatoms. The third kappa shape index (κ3) is 1.59. The standard InChI is InChI=1S/C11H10N2O2S/c12-10-6-13-11(16-10)7-1-2-8-9(5-7)15-4-3-14-8/h1-2,5-6H,3-4,12H2. The third-order valence-electron chi connectivity index (χ3n) is 2.31. The fourth-order valence-corrected chi connectivity index (χ4v) is 2.28. The average Bonchev–Trinajstić information content (AvgIpc) is 2.75. The fraction of sp³-hybridized carbons (Fsp3) is 0.182. The van der Waals surface area contributed by atoms with E-state index in [0.29, 0.717) is 18.2 Å². The Bertz CT molecular complexity index is 524. The van der Waals surface area contributed by atoms with Crippen LogP contribution < -0.4 is 15.2 Å². The highest BCUT2D eigenvalue weighted by Crippen LogP contribution is 2.36. The number of nitrogen functional groups attached to an aromatic ring is 1. The van der Waals surface area contributed by atoms with Crippen LogP contribution in [0.3, 0.4) is 0 Å². The van der Waals surface area contributed by atoms with E-state index in [1.165, 1.54) is 11.3 Å². The lowest BCUT2D eigenvalue weighted by Crippen LogP contribution is -2.15. The zero-order chi connectivity index (χ0) is 11.0. The summed E-state index contributed by atoms with van der Waals surface area (Å²) in [7, 11) is 0. The number of thiazole rings is 1. The molecule has 0 spiro atoms. The Kier molecular flexibility index (Phi) is 2.18. The second-order valence-electron chi connectivity index (χ2n) is 3.43. The summed E-state index contributed by atoms with van der Waals surface area (Å²) >= 11 is 1.46. The molecule has 1 aliphatic heterocycles. The van der Waals surface area contributed by atoms with Gasteiger partial charge in [-0.15, -0.1) is 0 Å². The molecule has 0 aliphatic carbocycles. The Hall–Kier alpha value is -1.75. The first-order valence-electron chi connectivity index (χ1n) is 4.94. The number of nitrogens with zero attached hydrogens (tertiary/aromatic N) is 1. The largest absolute Gasteiger partial charge is 0.486 e. The number of ether oxygens (including phenoxy) is 2. The molecule has 2 aromatic rings. The van der Waals surface area contributed by atoms with Gasteiger partial charge in [-0.05, 0) is 18.2 Å². The Morgan fingerprint density at radius 1 is 1.19 bits per heavy atom. The van der Waals surface area contributed by atoms with Crippen molar-refractivity contribution in [3.63, 3.8) is 0 Å². The van der Waals surface area contributed by atoms with Crippen LogP contribution in [0.5, 0.6) is 11.5 Å². The first kappa shape index (κ1) is 9.47. The second kappa shape index (κ2) is 3.68. The van der Waals surface area contributed by atoms with Crippen molar-refractivity contribution >= 4 is 16.3 Å². The molecule has 82 valence electrons. The normalized spacial score (nSPS) is 13.8. The minimum Gasteiger partial charge on any atom is -0.486 e. The van der Waals surface area contributed by atoms with Gasteiger partial charge in [-0.3, -0.25) is 0 Å². The van der Waals surface area contributed by atoms with Gasteiger partial charge in [0.1, 0.15) is 23.2 Å². The molecule has 16 heavy (non-hydrogen) atoms. The van der Waals surface area contributed by atoms with Crippen LogP contribution in [0.1, 0.15) is 0 Å². The van der Waals surface area contributed by atoms with Crippen molar-refractivity contribution in [2.75, 3.05) is 18.9 Å². The predicted octanol–water partition coefficient (Wildman–Crippen LogP) is 2.16. The number of anilines is 1. The topological polar surface area (TPSA) is 57.4 Å². The van der Waals surface area contributed by atoms with Crippen molar-refractivity contribution in [2.24, 2.45) is 0 Å². The summed E-state index contributed by atoms with van der Waals surface area (Å²) in [6, 6.07) is 5.81. The van der Waals surface area contributed by atoms with Gasteiger partial charge in [-0.1, -0.05) is 11.3 Å². The van der Waals surface area contributed by atoms with Gasteiger partial charge >= 0.3 is 0 Å². The van der Waals surface area contributed by atoms with Crippen LogP contribution in [0.2, 0.25) is 0 Å². The molecular formula is C11H10N2O2S. The van der Waals surface area contributed by atoms with E-state index in [0.717, 1.165) is 22.1 Å². The highest BCUT2D eigenvalue weighted by atomic mass is 32.1. The summed E-state index contributed by atoms with van der Waals surface area (Å²) in [4.78, 5) is 4.23. The van der Waals surface area contributed by atoms with Crippen LogP contribution in [-0.2, 0) is 0 Å². The predicted molar refractivity (Wildman–Crippen MR) is 63.0 cm³/mol. The summed E-state index contributed by atoms with van der Waals surface area (Å²) in [5, 5.41) is 1.61. The Morgan fingerprint density at radius 3 is 2.75 bits per heavy atom. The summed E-state index contributed by atoms with van der Waals surface area (Å²) in [6.45, 7) is 1.20. The van der Waals surface area contributed by atoms with Gasteiger partial charge < -0.3 is 15.2 Å². The average molecular weight is 234 g/mol. The maximum Gasteiger partial charge on any atom is 0.162 e. The molecule has 2 heterocycles. The Morgan fingerprint density at radius 2 is 2.00 bits per heavy atom. The maximum absolute atomic E-state index is 5.65. The molecule has 0 radical (unpaired) electrons. The highest BCUT2D eigenvalue weighted by Gasteiger charge is 2.13. The van der Waals surface area contributed by atoms with Crippen molar-refractivity contribution in [2.45, 2.75) is 0 Å². The zero-order valence-electron chi connectivity index (χ0n) is 8.47. The van der Waals surface area contributed by atoms with Crippen molar-refractivity contribution in [3.8, 4) is 22.1 Å².